The number of rotatable bonds is 9. The molecule has 0 amide bonds. The summed E-state index contributed by atoms with van der Waals surface area (Å²) in [5.74, 6) is 0. The number of aliphatic hydroxyl groups is 1. The molecule has 96 valence electrons. The maximum absolute atomic E-state index is 10.7. The van der Waals surface area contributed by atoms with E-state index in [1.165, 1.54) is 28.4 Å². The van der Waals surface area contributed by atoms with Crippen molar-refractivity contribution in [2.75, 3.05) is 35.0 Å². The van der Waals surface area contributed by atoms with Crippen molar-refractivity contribution in [1.82, 2.24) is 0 Å². The lowest BCUT2D eigenvalue weighted by atomic mass is 10.0. The molecule has 0 aromatic heterocycles. The van der Waals surface area contributed by atoms with Crippen LogP contribution in [-0.4, -0.2) is 70.9 Å². The third kappa shape index (κ3) is 4.15. The number of hydrogen-bond donors (Lipinski definition) is 1. The Kier molecular flexibility index (Phi) is 8.32. The van der Waals surface area contributed by atoms with Crippen molar-refractivity contribution in [2.45, 2.75) is 24.4 Å². The average molecular weight is 236 g/mol. The monoisotopic (exact) mass is 236 g/mol. The molecule has 0 aliphatic heterocycles. The number of aliphatic hydroxyl groups excluding tert-OH is 1. The predicted molar refractivity (Wildman–Crippen MR) is 56.3 cm³/mol. The number of hydrogen-bond acceptors (Lipinski definition) is 6. The molecule has 0 rings (SSSR count). The standard InChI is InChI=1S/C10H20O6/c1-13-6-8(15-3)9(12)10(16-4)7(5-11)14-2/h5,7-10,12H,6H2,1-4H3/t7-,8+,9+,10+/m0/s1. The van der Waals surface area contributed by atoms with Gasteiger partial charge in [-0.15, -0.1) is 0 Å². The van der Waals surface area contributed by atoms with Crippen molar-refractivity contribution in [3.63, 3.8) is 0 Å². The van der Waals surface area contributed by atoms with Crippen LogP contribution in [0.2, 0.25) is 0 Å². The fourth-order valence-electron chi connectivity index (χ4n) is 1.42. The maximum atomic E-state index is 10.7. The summed E-state index contributed by atoms with van der Waals surface area (Å²) < 4.78 is 19.9. The molecular formula is C10H20O6. The van der Waals surface area contributed by atoms with Gasteiger partial charge in [-0.25, -0.2) is 0 Å². The first-order valence-electron chi connectivity index (χ1n) is 4.86. The summed E-state index contributed by atoms with van der Waals surface area (Å²) in [6.07, 6.45) is -2.63. The van der Waals surface area contributed by atoms with Gasteiger partial charge in [0.15, 0.2) is 6.29 Å². The molecule has 0 aromatic rings. The highest BCUT2D eigenvalue weighted by Crippen LogP contribution is 2.12. The van der Waals surface area contributed by atoms with Gasteiger partial charge in [-0.3, -0.25) is 0 Å². The summed E-state index contributed by atoms with van der Waals surface area (Å²) in [7, 11) is 5.70. The van der Waals surface area contributed by atoms with Crippen molar-refractivity contribution in [2.24, 2.45) is 0 Å². The van der Waals surface area contributed by atoms with Crippen LogP contribution in [0.5, 0.6) is 0 Å². The van der Waals surface area contributed by atoms with E-state index in [4.69, 9.17) is 18.9 Å². The van der Waals surface area contributed by atoms with Crippen LogP contribution < -0.4 is 0 Å². The van der Waals surface area contributed by atoms with Gasteiger partial charge < -0.3 is 28.8 Å². The van der Waals surface area contributed by atoms with Gasteiger partial charge in [-0.2, -0.15) is 0 Å². The van der Waals surface area contributed by atoms with Crippen molar-refractivity contribution < 1.29 is 28.8 Å². The Hall–Kier alpha value is -0.530. The molecule has 0 heterocycles. The summed E-state index contributed by atoms with van der Waals surface area (Å²) in [4.78, 5) is 10.7. The molecule has 16 heavy (non-hydrogen) atoms. The summed E-state index contributed by atoms with van der Waals surface area (Å²) in [5.41, 5.74) is 0. The lowest BCUT2D eigenvalue weighted by molar-refractivity contribution is -0.153. The zero-order valence-electron chi connectivity index (χ0n) is 10.1. The van der Waals surface area contributed by atoms with Crippen LogP contribution >= 0.6 is 0 Å². The van der Waals surface area contributed by atoms with E-state index >= 15 is 0 Å². The van der Waals surface area contributed by atoms with E-state index in [1.54, 1.807) is 0 Å². The molecule has 0 spiro atoms. The molecule has 0 saturated heterocycles. The van der Waals surface area contributed by atoms with Gasteiger partial charge in [0.2, 0.25) is 0 Å². The van der Waals surface area contributed by atoms with Gasteiger partial charge in [0.05, 0.1) is 6.61 Å². The smallest absolute Gasteiger partial charge is 0.151 e. The predicted octanol–water partition coefficient (Wildman–Crippen LogP) is -0.762. The third-order valence-electron chi connectivity index (χ3n) is 2.35. The molecule has 4 atom stereocenters. The first kappa shape index (κ1) is 15.5. The molecule has 0 bridgehead atoms. The van der Waals surface area contributed by atoms with E-state index in [2.05, 4.69) is 0 Å². The van der Waals surface area contributed by atoms with Gasteiger partial charge in [0, 0.05) is 28.4 Å². The van der Waals surface area contributed by atoms with Gasteiger partial charge in [-0.1, -0.05) is 0 Å². The molecule has 0 radical (unpaired) electrons. The van der Waals surface area contributed by atoms with Crippen LogP contribution in [0.1, 0.15) is 0 Å². The Morgan fingerprint density at radius 2 is 1.75 bits per heavy atom. The summed E-state index contributed by atoms with van der Waals surface area (Å²) in [6.45, 7) is 0.201. The lowest BCUT2D eigenvalue weighted by Gasteiger charge is -2.30. The Morgan fingerprint density at radius 1 is 1.12 bits per heavy atom. The van der Waals surface area contributed by atoms with Crippen molar-refractivity contribution in [3.05, 3.63) is 0 Å². The number of methoxy groups -OCH3 is 4. The number of ether oxygens (including phenoxy) is 4. The highest BCUT2D eigenvalue weighted by atomic mass is 16.6. The zero-order valence-corrected chi connectivity index (χ0v) is 10.1. The van der Waals surface area contributed by atoms with E-state index in [-0.39, 0.29) is 6.61 Å². The van der Waals surface area contributed by atoms with E-state index in [0.29, 0.717) is 6.29 Å². The number of carbonyl (C=O) groups is 1. The van der Waals surface area contributed by atoms with E-state index < -0.39 is 24.4 Å². The average Bonchev–Trinajstić information content (AvgIpc) is 2.31. The topological polar surface area (TPSA) is 74.2 Å². The van der Waals surface area contributed by atoms with Crippen LogP contribution in [0.4, 0.5) is 0 Å². The number of aldehydes is 1. The second-order valence-electron chi connectivity index (χ2n) is 3.26. The highest BCUT2D eigenvalue weighted by Gasteiger charge is 2.34. The van der Waals surface area contributed by atoms with Crippen LogP contribution in [0.25, 0.3) is 0 Å². The lowest BCUT2D eigenvalue weighted by Crippen LogP contribution is -2.49. The zero-order chi connectivity index (χ0) is 12.6. The van der Waals surface area contributed by atoms with E-state index in [9.17, 15) is 9.90 Å². The quantitative estimate of drug-likeness (QED) is 0.530. The Bertz CT molecular complexity index is 186. The molecule has 0 fully saturated rings. The van der Waals surface area contributed by atoms with Crippen LogP contribution in [0.15, 0.2) is 0 Å². The van der Waals surface area contributed by atoms with Crippen molar-refractivity contribution in [3.8, 4) is 0 Å². The fourth-order valence-corrected chi connectivity index (χ4v) is 1.42. The normalized spacial score (nSPS) is 18.8. The van der Waals surface area contributed by atoms with Gasteiger partial charge in [0.25, 0.3) is 0 Å². The molecule has 6 nitrogen and oxygen atoms in total. The third-order valence-corrected chi connectivity index (χ3v) is 2.35. The largest absolute Gasteiger partial charge is 0.387 e. The molecule has 1 N–H and O–H groups in total. The Morgan fingerprint density at radius 3 is 2.06 bits per heavy atom. The number of carbonyl (C=O) groups excluding carboxylic acids is 1. The van der Waals surface area contributed by atoms with Crippen LogP contribution in [-0.2, 0) is 23.7 Å². The minimum atomic E-state index is -1.01. The van der Waals surface area contributed by atoms with Gasteiger partial charge >= 0.3 is 0 Å². The molecule has 0 aliphatic carbocycles. The van der Waals surface area contributed by atoms with Gasteiger partial charge in [0.1, 0.15) is 24.4 Å². The molecule has 0 aromatic carbocycles. The molecule has 0 unspecified atom stereocenters. The fraction of sp³-hybridized carbons (Fsp3) is 0.900. The molecule has 0 saturated carbocycles. The van der Waals surface area contributed by atoms with E-state index in [0.717, 1.165) is 0 Å². The molecule has 6 heteroatoms. The van der Waals surface area contributed by atoms with Gasteiger partial charge in [-0.05, 0) is 0 Å². The van der Waals surface area contributed by atoms with E-state index in [1.807, 2.05) is 0 Å². The first-order chi connectivity index (χ1) is 7.65. The van der Waals surface area contributed by atoms with Crippen molar-refractivity contribution >= 4 is 6.29 Å². The molecular weight excluding hydrogens is 216 g/mol. The first-order valence-corrected chi connectivity index (χ1v) is 4.86. The SMILES string of the molecule is COC[C@@H](OC)[C@@H](O)[C@H](OC)[C@H](C=O)OC. The second kappa shape index (κ2) is 8.60. The summed E-state index contributed by atoms with van der Waals surface area (Å²) in [5, 5.41) is 9.96. The minimum Gasteiger partial charge on any atom is -0.387 e. The Balaban J connectivity index is 4.58. The summed E-state index contributed by atoms with van der Waals surface area (Å²) >= 11 is 0. The highest BCUT2D eigenvalue weighted by molar-refractivity contribution is 5.57. The minimum absolute atomic E-state index is 0.201. The molecule has 0 aliphatic rings. The Labute approximate surface area is 95.4 Å². The second-order valence-corrected chi connectivity index (χ2v) is 3.26. The van der Waals surface area contributed by atoms with Crippen molar-refractivity contribution in [1.29, 1.82) is 0 Å². The maximum Gasteiger partial charge on any atom is 0.151 e. The van der Waals surface area contributed by atoms with Crippen LogP contribution in [0, 0.1) is 0 Å². The van der Waals surface area contributed by atoms with Crippen LogP contribution in [0.3, 0.4) is 0 Å². The summed E-state index contributed by atoms with van der Waals surface area (Å²) in [6, 6.07) is 0.